The van der Waals surface area contributed by atoms with Gasteiger partial charge in [-0.25, -0.2) is 9.97 Å². The monoisotopic (exact) mass is 265 g/mol. The molecule has 0 aliphatic carbocycles. The van der Waals surface area contributed by atoms with Crippen LogP contribution in [-0.4, -0.2) is 23.1 Å². The second-order valence-electron chi connectivity index (χ2n) is 5.28. The van der Waals surface area contributed by atoms with Gasteiger partial charge in [-0.3, -0.25) is 0 Å². The Balaban J connectivity index is 2.95. The Morgan fingerprint density at radius 3 is 2.16 bits per heavy atom. The van der Waals surface area contributed by atoms with Crippen molar-refractivity contribution in [3.63, 3.8) is 0 Å². The van der Waals surface area contributed by atoms with E-state index in [1.807, 2.05) is 13.8 Å². The van der Waals surface area contributed by atoms with E-state index in [4.69, 9.17) is 4.74 Å². The number of nitrogens with one attached hydrogen (secondary N) is 1. The molecule has 1 rings (SSSR count). The van der Waals surface area contributed by atoms with E-state index < -0.39 is 0 Å². The first-order valence-corrected chi connectivity index (χ1v) is 7.09. The molecule has 1 N–H and O–H groups in total. The van der Waals surface area contributed by atoms with Crippen molar-refractivity contribution in [2.24, 2.45) is 0 Å². The van der Waals surface area contributed by atoms with Crippen LogP contribution in [0.4, 0.5) is 0 Å². The van der Waals surface area contributed by atoms with E-state index in [-0.39, 0.29) is 6.10 Å². The predicted molar refractivity (Wildman–Crippen MR) is 78.1 cm³/mol. The second-order valence-corrected chi connectivity index (χ2v) is 5.28. The highest BCUT2D eigenvalue weighted by atomic mass is 16.5. The topological polar surface area (TPSA) is 47.0 Å². The molecule has 1 unspecified atom stereocenters. The predicted octanol–water partition coefficient (Wildman–Crippen LogP) is 3.08. The lowest BCUT2D eigenvalue weighted by Gasteiger charge is -2.17. The molecule has 0 fully saturated rings. The molecule has 1 aromatic rings. The number of hydrogen-bond acceptors (Lipinski definition) is 4. The summed E-state index contributed by atoms with van der Waals surface area (Å²) in [5.41, 5.74) is 3.30. The number of methoxy groups -OCH3 is 1. The van der Waals surface area contributed by atoms with Gasteiger partial charge < -0.3 is 10.1 Å². The Morgan fingerprint density at radius 1 is 1.16 bits per heavy atom. The third-order valence-electron chi connectivity index (χ3n) is 3.25. The minimum absolute atomic E-state index is 0.00880. The van der Waals surface area contributed by atoms with Gasteiger partial charge in [0.25, 0.3) is 0 Å². The number of ether oxygens (including phenoxy) is 1. The molecule has 0 aromatic carbocycles. The van der Waals surface area contributed by atoms with Crippen LogP contribution < -0.4 is 5.32 Å². The maximum atomic E-state index is 5.48. The van der Waals surface area contributed by atoms with E-state index in [0.717, 1.165) is 36.6 Å². The molecule has 0 saturated carbocycles. The summed E-state index contributed by atoms with van der Waals surface area (Å²) in [5.74, 6) is 0.813. The van der Waals surface area contributed by atoms with E-state index >= 15 is 0 Å². The molecule has 1 atom stereocenters. The highest BCUT2D eigenvalue weighted by Crippen LogP contribution is 2.21. The van der Waals surface area contributed by atoms with Crippen LogP contribution in [0.3, 0.4) is 0 Å². The second kappa shape index (κ2) is 7.56. The molecule has 0 amide bonds. The molecule has 19 heavy (non-hydrogen) atoms. The van der Waals surface area contributed by atoms with E-state index in [2.05, 4.69) is 36.1 Å². The molecule has 0 bridgehead atoms. The zero-order valence-corrected chi connectivity index (χ0v) is 13.1. The van der Waals surface area contributed by atoms with Gasteiger partial charge in [-0.15, -0.1) is 0 Å². The average molecular weight is 265 g/mol. The Labute approximate surface area is 117 Å². The molecule has 4 heteroatoms. The Kier molecular flexibility index (Phi) is 6.38. The van der Waals surface area contributed by atoms with Gasteiger partial charge in [0.1, 0.15) is 6.10 Å². The van der Waals surface area contributed by atoms with Crippen LogP contribution in [0.2, 0.25) is 0 Å². The van der Waals surface area contributed by atoms with Crippen molar-refractivity contribution in [1.82, 2.24) is 15.3 Å². The van der Waals surface area contributed by atoms with Gasteiger partial charge in [0.2, 0.25) is 0 Å². The van der Waals surface area contributed by atoms with Gasteiger partial charge in [-0.1, -0.05) is 27.2 Å². The Hall–Kier alpha value is -1.00. The number of nitrogens with zero attached hydrogens (tertiary/aromatic N) is 2. The lowest BCUT2D eigenvalue weighted by molar-refractivity contribution is 0.0872. The fourth-order valence-corrected chi connectivity index (χ4v) is 2.09. The van der Waals surface area contributed by atoms with Crippen molar-refractivity contribution < 1.29 is 4.74 Å². The van der Waals surface area contributed by atoms with E-state index in [1.54, 1.807) is 7.11 Å². The van der Waals surface area contributed by atoms with Crippen LogP contribution in [0.25, 0.3) is 0 Å². The lowest BCUT2D eigenvalue weighted by Crippen LogP contribution is -2.24. The summed E-state index contributed by atoms with van der Waals surface area (Å²) in [6.45, 7) is 11.3. The van der Waals surface area contributed by atoms with Crippen molar-refractivity contribution in [3.05, 3.63) is 22.8 Å². The Bertz CT molecular complexity index is 381. The van der Waals surface area contributed by atoms with Gasteiger partial charge in [0.05, 0.1) is 0 Å². The van der Waals surface area contributed by atoms with Crippen LogP contribution >= 0.6 is 0 Å². The van der Waals surface area contributed by atoms with Crippen molar-refractivity contribution in [1.29, 1.82) is 0 Å². The molecule has 108 valence electrons. The molecule has 0 saturated heterocycles. The number of rotatable bonds is 7. The van der Waals surface area contributed by atoms with Crippen LogP contribution in [-0.2, 0) is 11.3 Å². The van der Waals surface area contributed by atoms with Crippen molar-refractivity contribution in [3.8, 4) is 0 Å². The number of aromatic nitrogens is 2. The van der Waals surface area contributed by atoms with Gasteiger partial charge in [0, 0.05) is 36.6 Å². The van der Waals surface area contributed by atoms with Crippen LogP contribution in [0, 0.1) is 13.8 Å². The summed E-state index contributed by atoms with van der Waals surface area (Å²) in [4.78, 5) is 9.25. The fourth-order valence-electron chi connectivity index (χ4n) is 2.09. The van der Waals surface area contributed by atoms with Crippen LogP contribution in [0.1, 0.15) is 62.5 Å². The summed E-state index contributed by atoms with van der Waals surface area (Å²) in [6, 6.07) is 0.463. The maximum absolute atomic E-state index is 5.48. The molecular weight excluding hydrogens is 238 g/mol. The van der Waals surface area contributed by atoms with Gasteiger partial charge >= 0.3 is 0 Å². The summed E-state index contributed by atoms with van der Waals surface area (Å²) >= 11 is 0. The smallest absolute Gasteiger partial charge is 0.157 e. The van der Waals surface area contributed by atoms with Crippen molar-refractivity contribution in [2.45, 2.75) is 66.2 Å². The Morgan fingerprint density at radius 2 is 1.74 bits per heavy atom. The SMILES string of the molecule is CCCC(OC)c1nc(C)c(CNC(C)C)c(C)n1. The molecule has 4 nitrogen and oxygen atoms in total. The quantitative estimate of drug-likeness (QED) is 0.823. The third-order valence-corrected chi connectivity index (χ3v) is 3.25. The molecule has 0 aliphatic rings. The molecule has 0 aliphatic heterocycles. The molecule has 0 spiro atoms. The molecule has 0 radical (unpaired) electrons. The summed E-state index contributed by atoms with van der Waals surface area (Å²) in [7, 11) is 1.72. The first-order chi connectivity index (χ1) is 8.99. The van der Waals surface area contributed by atoms with Gasteiger partial charge in [0.15, 0.2) is 5.82 Å². The minimum Gasteiger partial charge on any atom is -0.373 e. The van der Waals surface area contributed by atoms with Crippen LogP contribution in [0.5, 0.6) is 0 Å². The van der Waals surface area contributed by atoms with E-state index in [1.165, 1.54) is 5.56 Å². The normalized spacial score (nSPS) is 13.0. The number of aryl methyl sites for hydroxylation is 2. The highest BCUT2D eigenvalue weighted by molar-refractivity contribution is 5.24. The molecule has 1 heterocycles. The van der Waals surface area contributed by atoms with Crippen LogP contribution in [0.15, 0.2) is 0 Å². The van der Waals surface area contributed by atoms with Gasteiger partial charge in [-0.2, -0.15) is 0 Å². The first kappa shape index (κ1) is 16.1. The summed E-state index contributed by atoms with van der Waals surface area (Å²) in [5, 5.41) is 3.42. The molecule has 1 aromatic heterocycles. The van der Waals surface area contributed by atoms with Crippen molar-refractivity contribution >= 4 is 0 Å². The zero-order chi connectivity index (χ0) is 14.4. The third kappa shape index (κ3) is 4.55. The molecular formula is C15H27N3O. The standard InChI is InChI=1S/C15H27N3O/c1-7-8-14(19-6)15-17-11(4)13(12(5)18-15)9-16-10(2)3/h10,14,16H,7-9H2,1-6H3. The maximum Gasteiger partial charge on any atom is 0.157 e. The van der Waals surface area contributed by atoms with Gasteiger partial charge in [-0.05, 0) is 20.3 Å². The summed E-state index contributed by atoms with van der Waals surface area (Å²) < 4.78 is 5.48. The van der Waals surface area contributed by atoms with E-state index in [9.17, 15) is 0 Å². The minimum atomic E-state index is 0.00880. The fraction of sp³-hybridized carbons (Fsp3) is 0.733. The van der Waals surface area contributed by atoms with Crippen molar-refractivity contribution in [2.75, 3.05) is 7.11 Å². The summed E-state index contributed by atoms with van der Waals surface area (Å²) in [6.07, 6.45) is 2.03. The largest absolute Gasteiger partial charge is 0.373 e. The van der Waals surface area contributed by atoms with E-state index in [0.29, 0.717) is 6.04 Å². The highest BCUT2D eigenvalue weighted by Gasteiger charge is 2.16. The lowest BCUT2D eigenvalue weighted by atomic mass is 10.1. The first-order valence-electron chi connectivity index (χ1n) is 7.09. The average Bonchev–Trinajstić information content (AvgIpc) is 2.34. The zero-order valence-electron chi connectivity index (χ0n) is 13.1. The number of hydrogen-bond donors (Lipinski definition) is 1.